The molecule has 3 N–H and O–H groups in total. The van der Waals surface area contributed by atoms with Gasteiger partial charge in [-0.25, -0.2) is 4.79 Å². The summed E-state index contributed by atoms with van der Waals surface area (Å²) in [6, 6.07) is 7.18. The molecule has 7 heteroatoms. The fourth-order valence-electron chi connectivity index (χ4n) is 3.88. The quantitative estimate of drug-likeness (QED) is 0.528. The van der Waals surface area contributed by atoms with Gasteiger partial charge in [0.1, 0.15) is 12.6 Å². The summed E-state index contributed by atoms with van der Waals surface area (Å²) < 4.78 is 5.42. The molecule has 7 nitrogen and oxygen atoms in total. The number of ether oxygens (including phenoxy) is 1. The van der Waals surface area contributed by atoms with Crippen molar-refractivity contribution >= 4 is 17.6 Å². The summed E-state index contributed by atoms with van der Waals surface area (Å²) >= 11 is 0. The fourth-order valence-corrected chi connectivity index (χ4v) is 3.88. The molecule has 2 amide bonds. The second kappa shape index (κ2) is 9.41. The molecule has 0 bridgehead atoms. The lowest BCUT2D eigenvalue weighted by molar-refractivity contribution is -0.120. The van der Waals surface area contributed by atoms with Crippen molar-refractivity contribution in [3.63, 3.8) is 0 Å². The molecule has 0 fully saturated rings. The number of unbranched alkanes of at least 4 members (excludes halogenated alkanes) is 1. The molecule has 2 aliphatic rings. The molecule has 0 aliphatic heterocycles. The predicted octanol–water partition coefficient (Wildman–Crippen LogP) is 3.40. The molecule has 2 atom stereocenters. The third-order valence-electron chi connectivity index (χ3n) is 5.25. The average molecular weight is 383 g/mol. The van der Waals surface area contributed by atoms with Gasteiger partial charge in [0.2, 0.25) is 0 Å². The molecule has 148 valence electrons. The van der Waals surface area contributed by atoms with Crippen LogP contribution in [0.2, 0.25) is 0 Å². The minimum atomic E-state index is -0.975. The number of nitrogens with one attached hydrogen (secondary N) is 1. The highest BCUT2D eigenvalue weighted by Crippen LogP contribution is 2.46. The van der Waals surface area contributed by atoms with Crippen molar-refractivity contribution in [2.24, 2.45) is 10.9 Å². The number of carbonyl (C=O) groups is 2. The molecule has 1 aromatic rings. The van der Waals surface area contributed by atoms with Crippen molar-refractivity contribution in [1.29, 1.82) is 0 Å². The topological polar surface area (TPSA) is 111 Å². The van der Waals surface area contributed by atoms with E-state index in [1.807, 2.05) is 12.1 Å². The second-order valence-electron chi connectivity index (χ2n) is 7.02. The van der Waals surface area contributed by atoms with E-state index < -0.39 is 18.0 Å². The summed E-state index contributed by atoms with van der Waals surface area (Å²) in [5.74, 6) is -0.926. The third kappa shape index (κ3) is 4.36. The van der Waals surface area contributed by atoms with E-state index in [1.165, 1.54) is 16.7 Å². The summed E-state index contributed by atoms with van der Waals surface area (Å²) in [7, 11) is 0. The zero-order valence-corrected chi connectivity index (χ0v) is 15.7. The monoisotopic (exact) mass is 383 g/mol. The molecule has 0 radical (unpaired) electrons. The normalized spacial score (nSPS) is 18.2. The molecule has 3 rings (SSSR count). The van der Waals surface area contributed by atoms with Gasteiger partial charge in [-0.3, -0.25) is 4.79 Å². The van der Waals surface area contributed by atoms with E-state index in [4.69, 9.17) is 10.5 Å². The van der Waals surface area contributed by atoms with Gasteiger partial charge in [0.25, 0.3) is 0 Å². The smallest absolute Gasteiger partial charge is 0.407 e. The number of benzene rings is 1. The highest BCUT2D eigenvalue weighted by atomic mass is 16.5. The zero-order chi connectivity index (χ0) is 19.9. The van der Waals surface area contributed by atoms with Gasteiger partial charge in [0.05, 0.1) is 0 Å². The number of fused-ring (bicyclic) bond motifs is 2. The Morgan fingerprint density at radius 1 is 1.29 bits per heavy atom. The van der Waals surface area contributed by atoms with Gasteiger partial charge in [0.15, 0.2) is 0 Å². The Morgan fingerprint density at radius 3 is 2.89 bits per heavy atom. The number of hydrogen-bond acceptors (Lipinski definition) is 5. The van der Waals surface area contributed by atoms with Crippen molar-refractivity contribution < 1.29 is 14.3 Å². The Balaban J connectivity index is 1.63. The van der Waals surface area contributed by atoms with Crippen LogP contribution in [-0.2, 0) is 9.53 Å². The molecule has 2 aliphatic carbocycles. The third-order valence-corrected chi connectivity index (χ3v) is 5.25. The van der Waals surface area contributed by atoms with Gasteiger partial charge in [-0.2, -0.15) is 0 Å². The summed E-state index contributed by atoms with van der Waals surface area (Å²) in [5.41, 5.74) is 10.3. The fraction of sp³-hybridized carbons (Fsp3) is 0.429. The van der Waals surface area contributed by atoms with Crippen molar-refractivity contribution in [2.75, 3.05) is 13.2 Å². The molecule has 0 spiro atoms. The lowest BCUT2D eigenvalue weighted by Crippen LogP contribution is -2.40. The lowest BCUT2D eigenvalue weighted by Gasteiger charge is -2.18. The van der Waals surface area contributed by atoms with Crippen LogP contribution in [0.3, 0.4) is 0 Å². The molecule has 0 heterocycles. The van der Waals surface area contributed by atoms with Crippen LogP contribution in [-0.4, -0.2) is 31.2 Å². The first-order valence-electron chi connectivity index (χ1n) is 9.65. The minimum absolute atomic E-state index is 0.0240. The van der Waals surface area contributed by atoms with E-state index in [0.29, 0.717) is 25.8 Å². The highest BCUT2D eigenvalue weighted by molar-refractivity contribution is 5.86. The SMILES string of the molecule is NCCCC[C@H](NC(=O)OCC1C2=C(CCC=C2)c2ccccc21)C(=O)N=O. The van der Waals surface area contributed by atoms with Gasteiger partial charge in [0, 0.05) is 11.1 Å². The van der Waals surface area contributed by atoms with E-state index in [1.54, 1.807) is 0 Å². The van der Waals surface area contributed by atoms with Crippen molar-refractivity contribution in [3.8, 4) is 0 Å². The molecular formula is C21H25N3O4. The molecule has 0 aromatic heterocycles. The number of carbonyl (C=O) groups excluding carboxylic acids is 2. The van der Waals surface area contributed by atoms with Crippen molar-refractivity contribution in [2.45, 2.75) is 44.1 Å². The maximum atomic E-state index is 12.2. The first-order valence-corrected chi connectivity index (χ1v) is 9.65. The largest absolute Gasteiger partial charge is 0.449 e. The first-order chi connectivity index (χ1) is 13.7. The number of alkyl carbamates (subject to hydrolysis) is 1. The van der Waals surface area contributed by atoms with Crippen LogP contribution in [0.5, 0.6) is 0 Å². The molecule has 1 unspecified atom stereocenters. The Morgan fingerprint density at radius 2 is 2.11 bits per heavy atom. The molecule has 28 heavy (non-hydrogen) atoms. The standard InChI is InChI=1S/C21H25N3O4/c22-12-6-5-11-19(20(25)24-27)23-21(26)28-13-18-16-9-3-1-7-14(16)15-8-2-4-10-17(15)18/h1,3-4,7,9-10,18-19H,2,5-6,8,11-13,22H2,(H,23,26)/t18?,19-/m0/s1. The van der Waals surface area contributed by atoms with Crippen LogP contribution < -0.4 is 11.1 Å². The van der Waals surface area contributed by atoms with Gasteiger partial charge < -0.3 is 15.8 Å². The number of hydrogen-bond donors (Lipinski definition) is 2. The first kappa shape index (κ1) is 19.9. The van der Waals surface area contributed by atoms with E-state index >= 15 is 0 Å². The minimum Gasteiger partial charge on any atom is -0.449 e. The van der Waals surface area contributed by atoms with Crippen molar-refractivity contribution in [1.82, 2.24) is 5.32 Å². The number of nitrogens with zero attached hydrogens (tertiary/aromatic N) is 1. The number of allylic oxidation sites excluding steroid dienone is 3. The van der Waals surface area contributed by atoms with Gasteiger partial charge >= 0.3 is 12.0 Å². The van der Waals surface area contributed by atoms with E-state index in [9.17, 15) is 14.5 Å². The summed E-state index contributed by atoms with van der Waals surface area (Å²) in [6.07, 6.45) is 7.13. The Bertz CT molecular complexity index is 816. The maximum Gasteiger partial charge on any atom is 0.407 e. The maximum absolute atomic E-state index is 12.2. The number of nitroso groups, excluding NO2 is 1. The van der Waals surface area contributed by atoms with E-state index in [2.05, 4.69) is 34.8 Å². The Labute approximate surface area is 164 Å². The lowest BCUT2D eigenvalue weighted by atomic mass is 9.93. The summed E-state index contributed by atoms with van der Waals surface area (Å²) in [5, 5.41) is 4.90. The number of amides is 2. The summed E-state index contributed by atoms with van der Waals surface area (Å²) in [6.45, 7) is 0.649. The number of rotatable bonds is 8. The van der Waals surface area contributed by atoms with Crippen LogP contribution in [0, 0.1) is 4.91 Å². The Hall–Kier alpha value is -2.80. The van der Waals surface area contributed by atoms with E-state index in [0.717, 1.165) is 18.4 Å². The van der Waals surface area contributed by atoms with Gasteiger partial charge in [-0.1, -0.05) is 36.4 Å². The second-order valence-corrected chi connectivity index (χ2v) is 7.02. The molecule has 1 aromatic carbocycles. The van der Waals surface area contributed by atoms with Crippen LogP contribution in [0.15, 0.2) is 47.2 Å². The van der Waals surface area contributed by atoms with Crippen LogP contribution in [0.4, 0.5) is 4.79 Å². The molecule has 0 saturated carbocycles. The number of nitrogens with two attached hydrogens (primary N) is 1. The van der Waals surface area contributed by atoms with E-state index in [-0.39, 0.29) is 12.5 Å². The van der Waals surface area contributed by atoms with Crippen LogP contribution in [0.25, 0.3) is 5.57 Å². The average Bonchev–Trinajstić information content (AvgIpc) is 3.05. The van der Waals surface area contributed by atoms with Crippen molar-refractivity contribution in [3.05, 3.63) is 58.0 Å². The van der Waals surface area contributed by atoms with Crippen LogP contribution in [0.1, 0.15) is 49.1 Å². The zero-order valence-electron chi connectivity index (χ0n) is 15.7. The highest BCUT2D eigenvalue weighted by Gasteiger charge is 2.31. The van der Waals surface area contributed by atoms with Gasteiger partial charge in [-0.05, 0) is 60.9 Å². The van der Waals surface area contributed by atoms with Crippen LogP contribution >= 0.6 is 0 Å². The van der Waals surface area contributed by atoms with Gasteiger partial charge in [-0.15, -0.1) is 4.91 Å². The summed E-state index contributed by atoms with van der Waals surface area (Å²) in [4.78, 5) is 34.5. The molecule has 0 saturated heterocycles. The molecular weight excluding hydrogens is 358 g/mol. The Kier molecular flexibility index (Phi) is 6.71. The predicted molar refractivity (Wildman–Crippen MR) is 106 cm³/mol.